The molecular formula is C18H24N2O. The first-order valence-corrected chi connectivity index (χ1v) is 7.32. The number of pyridine rings is 1. The summed E-state index contributed by atoms with van der Waals surface area (Å²) < 4.78 is 5.48. The molecule has 1 heterocycles. The zero-order valence-electron chi connectivity index (χ0n) is 13.3. The predicted molar refractivity (Wildman–Crippen MR) is 86.9 cm³/mol. The molecule has 112 valence electrons. The van der Waals surface area contributed by atoms with Crippen LogP contribution in [-0.2, 0) is 6.42 Å². The van der Waals surface area contributed by atoms with Gasteiger partial charge in [-0.15, -0.1) is 0 Å². The van der Waals surface area contributed by atoms with Gasteiger partial charge in [0.25, 0.3) is 0 Å². The average molecular weight is 284 g/mol. The molecule has 2 rings (SSSR count). The van der Waals surface area contributed by atoms with Gasteiger partial charge in [0, 0.05) is 28.9 Å². The molecule has 0 fully saturated rings. The monoisotopic (exact) mass is 284 g/mol. The SMILES string of the molecule is COc1c(C)cnc(CC(CN)c2ccc(C)cc2)c1C. The first-order chi connectivity index (χ1) is 10.1. The highest BCUT2D eigenvalue weighted by molar-refractivity contribution is 5.41. The van der Waals surface area contributed by atoms with Crippen LogP contribution in [0.2, 0.25) is 0 Å². The maximum Gasteiger partial charge on any atom is 0.128 e. The van der Waals surface area contributed by atoms with E-state index >= 15 is 0 Å². The van der Waals surface area contributed by atoms with E-state index in [0.717, 1.165) is 29.0 Å². The third-order valence-corrected chi connectivity index (χ3v) is 4.02. The highest BCUT2D eigenvalue weighted by Crippen LogP contribution is 2.28. The first-order valence-electron chi connectivity index (χ1n) is 7.32. The Bertz CT molecular complexity index is 605. The minimum atomic E-state index is 0.282. The molecule has 1 atom stereocenters. The Kier molecular flexibility index (Phi) is 4.97. The Labute approximate surface area is 127 Å². The highest BCUT2D eigenvalue weighted by atomic mass is 16.5. The van der Waals surface area contributed by atoms with Gasteiger partial charge in [-0.2, -0.15) is 0 Å². The third kappa shape index (κ3) is 3.42. The van der Waals surface area contributed by atoms with Crippen molar-refractivity contribution in [3.05, 3.63) is 58.4 Å². The number of nitrogens with two attached hydrogens (primary N) is 1. The van der Waals surface area contributed by atoms with Gasteiger partial charge in [-0.25, -0.2) is 0 Å². The molecular weight excluding hydrogens is 260 g/mol. The number of methoxy groups -OCH3 is 1. The number of ether oxygens (including phenoxy) is 1. The summed E-state index contributed by atoms with van der Waals surface area (Å²) in [4.78, 5) is 4.58. The van der Waals surface area contributed by atoms with Crippen LogP contribution in [0.5, 0.6) is 5.75 Å². The first kappa shape index (κ1) is 15.5. The molecule has 0 aliphatic rings. The zero-order chi connectivity index (χ0) is 15.4. The molecule has 0 bridgehead atoms. The van der Waals surface area contributed by atoms with Gasteiger partial charge in [0.05, 0.1) is 7.11 Å². The zero-order valence-corrected chi connectivity index (χ0v) is 13.3. The van der Waals surface area contributed by atoms with Crippen LogP contribution < -0.4 is 10.5 Å². The van der Waals surface area contributed by atoms with Gasteiger partial charge >= 0.3 is 0 Å². The van der Waals surface area contributed by atoms with E-state index < -0.39 is 0 Å². The predicted octanol–water partition coefficient (Wildman–Crippen LogP) is 3.30. The van der Waals surface area contributed by atoms with Gasteiger partial charge in [0.15, 0.2) is 0 Å². The van der Waals surface area contributed by atoms with E-state index in [1.165, 1.54) is 11.1 Å². The molecule has 21 heavy (non-hydrogen) atoms. The smallest absolute Gasteiger partial charge is 0.128 e. The Morgan fingerprint density at radius 3 is 2.38 bits per heavy atom. The van der Waals surface area contributed by atoms with Gasteiger partial charge in [-0.05, 0) is 39.3 Å². The average Bonchev–Trinajstić information content (AvgIpc) is 2.48. The van der Waals surface area contributed by atoms with Crippen LogP contribution >= 0.6 is 0 Å². The van der Waals surface area contributed by atoms with E-state index in [9.17, 15) is 0 Å². The summed E-state index contributed by atoms with van der Waals surface area (Å²) in [6, 6.07) is 8.59. The fourth-order valence-corrected chi connectivity index (χ4v) is 2.69. The van der Waals surface area contributed by atoms with Gasteiger partial charge in [-0.3, -0.25) is 4.98 Å². The number of hydrogen-bond acceptors (Lipinski definition) is 3. The largest absolute Gasteiger partial charge is 0.496 e. The Balaban J connectivity index is 2.29. The van der Waals surface area contributed by atoms with Crippen LogP contribution in [0.3, 0.4) is 0 Å². The normalized spacial score (nSPS) is 12.2. The fourth-order valence-electron chi connectivity index (χ4n) is 2.69. The van der Waals surface area contributed by atoms with Crippen LogP contribution in [0.25, 0.3) is 0 Å². The maximum absolute atomic E-state index is 5.98. The molecule has 3 heteroatoms. The summed E-state index contributed by atoms with van der Waals surface area (Å²) in [6.45, 7) is 6.79. The topological polar surface area (TPSA) is 48.1 Å². The van der Waals surface area contributed by atoms with E-state index in [1.807, 2.05) is 13.1 Å². The van der Waals surface area contributed by atoms with Crippen LogP contribution in [-0.4, -0.2) is 18.6 Å². The molecule has 0 spiro atoms. The summed E-state index contributed by atoms with van der Waals surface area (Å²) in [5.74, 6) is 1.21. The van der Waals surface area contributed by atoms with E-state index in [-0.39, 0.29) is 5.92 Å². The number of aromatic nitrogens is 1. The summed E-state index contributed by atoms with van der Waals surface area (Å²) in [5, 5.41) is 0. The van der Waals surface area contributed by atoms with E-state index in [4.69, 9.17) is 10.5 Å². The van der Waals surface area contributed by atoms with E-state index in [1.54, 1.807) is 7.11 Å². The fraction of sp³-hybridized carbons (Fsp3) is 0.389. The second-order valence-electron chi connectivity index (χ2n) is 5.59. The van der Waals surface area contributed by atoms with Crippen molar-refractivity contribution in [3.63, 3.8) is 0 Å². The van der Waals surface area contributed by atoms with Crippen molar-refractivity contribution >= 4 is 0 Å². The Morgan fingerprint density at radius 1 is 1.14 bits per heavy atom. The Hall–Kier alpha value is -1.87. The van der Waals surface area contributed by atoms with Crippen LogP contribution in [0.4, 0.5) is 0 Å². The lowest BCUT2D eigenvalue weighted by molar-refractivity contribution is 0.406. The van der Waals surface area contributed by atoms with Crippen molar-refractivity contribution in [3.8, 4) is 5.75 Å². The summed E-state index contributed by atoms with van der Waals surface area (Å²) in [7, 11) is 1.71. The van der Waals surface area contributed by atoms with Crippen LogP contribution in [0.15, 0.2) is 30.5 Å². The van der Waals surface area contributed by atoms with Crippen LogP contribution in [0.1, 0.15) is 33.9 Å². The highest BCUT2D eigenvalue weighted by Gasteiger charge is 2.16. The van der Waals surface area contributed by atoms with Crippen molar-refractivity contribution in [2.24, 2.45) is 5.73 Å². The second kappa shape index (κ2) is 6.72. The molecule has 1 aromatic heterocycles. The minimum absolute atomic E-state index is 0.282. The summed E-state index contributed by atoms with van der Waals surface area (Å²) in [5.41, 5.74) is 11.8. The lowest BCUT2D eigenvalue weighted by Gasteiger charge is -2.18. The molecule has 0 saturated heterocycles. The van der Waals surface area contributed by atoms with Gasteiger partial charge in [-0.1, -0.05) is 29.8 Å². The second-order valence-corrected chi connectivity index (χ2v) is 5.59. The number of nitrogens with zero attached hydrogens (tertiary/aromatic N) is 1. The minimum Gasteiger partial charge on any atom is -0.496 e. The number of benzene rings is 1. The molecule has 3 nitrogen and oxygen atoms in total. The van der Waals surface area contributed by atoms with Gasteiger partial charge in [0.1, 0.15) is 5.75 Å². The summed E-state index contributed by atoms with van der Waals surface area (Å²) >= 11 is 0. The van der Waals surface area contributed by atoms with Crippen molar-refractivity contribution in [1.82, 2.24) is 4.98 Å². The third-order valence-electron chi connectivity index (χ3n) is 4.02. The number of rotatable bonds is 5. The Morgan fingerprint density at radius 2 is 1.81 bits per heavy atom. The standard InChI is InChI=1S/C18H24N2O/c1-12-5-7-15(8-6-12)16(10-19)9-17-14(3)18(21-4)13(2)11-20-17/h5-8,11,16H,9-10,19H2,1-4H3. The molecule has 0 amide bonds. The lowest BCUT2D eigenvalue weighted by atomic mass is 9.92. The molecule has 1 unspecified atom stereocenters. The van der Waals surface area contributed by atoms with Gasteiger partial charge in [0.2, 0.25) is 0 Å². The number of hydrogen-bond donors (Lipinski definition) is 1. The van der Waals surface area contributed by atoms with E-state index in [0.29, 0.717) is 6.54 Å². The number of aryl methyl sites for hydroxylation is 2. The van der Waals surface area contributed by atoms with Crippen molar-refractivity contribution in [2.45, 2.75) is 33.1 Å². The molecule has 0 aliphatic heterocycles. The molecule has 0 saturated carbocycles. The van der Waals surface area contributed by atoms with E-state index in [2.05, 4.69) is 43.1 Å². The van der Waals surface area contributed by atoms with Crippen molar-refractivity contribution < 1.29 is 4.74 Å². The summed E-state index contributed by atoms with van der Waals surface area (Å²) in [6.07, 6.45) is 2.71. The van der Waals surface area contributed by atoms with Crippen molar-refractivity contribution in [2.75, 3.05) is 13.7 Å². The molecule has 1 aromatic carbocycles. The van der Waals surface area contributed by atoms with Crippen LogP contribution in [0, 0.1) is 20.8 Å². The van der Waals surface area contributed by atoms with Gasteiger partial charge < -0.3 is 10.5 Å². The maximum atomic E-state index is 5.98. The molecule has 2 N–H and O–H groups in total. The lowest BCUT2D eigenvalue weighted by Crippen LogP contribution is -2.16. The molecule has 0 aliphatic carbocycles. The quantitative estimate of drug-likeness (QED) is 0.916. The molecule has 0 radical (unpaired) electrons. The van der Waals surface area contributed by atoms with Crippen molar-refractivity contribution in [1.29, 1.82) is 0 Å². The molecule has 2 aromatic rings.